The van der Waals surface area contributed by atoms with Crippen molar-refractivity contribution in [2.24, 2.45) is 28.6 Å². The zero-order valence-corrected chi connectivity index (χ0v) is 36.0. The van der Waals surface area contributed by atoms with Gasteiger partial charge >= 0.3 is 12.2 Å². The molecule has 1 aromatic heterocycles. The molecule has 4 fully saturated rings. The molecule has 0 aliphatic heterocycles. The quantitative estimate of drug-likeness (QED) is 0.155. The summed E-state index contributed by atoms with van der Waals surface area (Å²) in [4.78, 5) is 30.7. The molecule has 0 saturated heterocycles. The molecule has 3 N–H and O–H groups in total. The lowest BCUT2D eigenvalue weighted by atomic mass is 9.45. The molecule has 7 nitrogen and oxygen atoms in total. The monoisotopic (exact) mass is 836 g/mol. The highest BCUT2D eigenvalue weighted by atomic mass is 35.5. The summed E-state index contributed by atoms with van der Waals surface area (Å²) in [7, 11) is 0. The molecule has 2 aromatic carbocycles. The van der Waals surface area contributed by atoms with Gasteiger partial charge in [-0.15, -0.1) is 0 Å². The molecule has 4 saturated carbocycles. The SMILES string of the molecule is CC1=CCCC2(C)C(CCC2(O)CN(CC2CCC3CC2C3(C)C)C(=O)NC(C)C)c2ccc(cc2C(=O)c2ccc(-c3cc(C(F)(F)F)ccc3Cl)o2)CC(O)CC1. The first-order valence-electron chi connectivity index (χ1n) is 21.5. The molecular formula is C48H60ClF3N2O5. The van der Waals surface area contributed by atoms with Crippen LogP contribution in [0.1, 0.15) is 138 Å². The molecule has 1 heterocycles. The van der Waals surface area contributed by atoms with Crippen LogP contribution in [0.5, 0.6) is 0 Å². The van der Waals surface area contributed by atoms with Crippen LogP contribution in [0.15, 0.2) is 64.6 Å². The molecular weight excluding hydrogens is 777 g/mol. The van der Waals surface area contributed by atoms with Gasteiger partial charge in [-0.25, -0.2) is 4.79 Å². The summed E-state index contributed by atoms with van der Waals surface area (Å²) in [5, 5.41) is 27.4. The van der Waals surface area contributed by atoms with Crippen LogP contribution >= 0.6 is 11.6 Å². The van der Waals surface area contributed by atoms with Crippen LogP contribution in [-0.4, -0.2) is 57.8 Å². The third kappa shape index (κ3) is 8.52. The van der Waals surface area contributed by atoms with E-state index in [0.29, 0.717) is 68.9 Å². The van der Waals surface area contributed by atoms with Gasteiger partial charge in [0.15, 0.2) is 5.76 Å². The number of carbonyl (C=O) groups excluding carboxylic acids is 2. The summed E-state index contributed by atoms with van der Waals surface area (Å²) in [6.07, 6.45) is 4.13. The number of nitrogens with one attached hydrogen (secondary N) is 1. The number of urea groups is 1. The van der Waals surface area contributed by atoms with E-state index in [0.717, 1.165) is 48.1 Å². The maximum atomic E-state index is 14.7. The van der Waals surface area contributed by atoms with E-state index < -0.39 is 34.6 Å². The average Bonchev–Trinajstić information content (AvgIpc) is 3.75. The number of rotatable bonds is 8. The Bertz CT molecular complexity index is 2090. The number of fused-ring (bicyclic) bond motifs is 10. The van der Waals surface area contributed by atoms with Crippen LogP contribution in [0.4, 0.5) is 18.0 Å². The molecule has 11 heteroatoms. The summed E-state index contributed by atoms with van der Waals surface area (Å²) < 4.78 is 47.0. The highest BCUT2D eigenvalue weighted by Gasteiger charge is 2.59. The molecule has 320 valence electrons. The van der Waals surface area contributed by atoms with E-state index in [4.69, 9.17) is 16.0 Å². The van der Waals surface area contributed by atoms with Crippen molar-refractivity contribution in [3.63, 3.8) is 0 Å². The first-order valence-corrected chi connectivity index (χ1v) is 21.8. The molecule has 0 spiro atoms. The van der Waals surface area contributed by atoms with Gasteiger partial charge in [0.25, 0.3) is 0 Å². The lowest BCUT2D eigenvalue weighted by molar-refractivity contribution is -0.137. The number of halogens is 4. The molecule has 3 aromatic rings. The number of furan rings is 1. The Morgan fingerprint density at radius 1 is 1.02 bits per heavy atom. The molecule has 0 radical (unpaired) electrons. The number of ketones is 1. The van der Waals surface area contributed by atoms with E-state index in [2.05, 4.69) is 39.1 Å². The number of aliphatic hydroxyl groups is 2. The van der Waals surface area contributed by atoms with Gasteiger partial charge in [-0.2, -0.15) is 13.2 Å². The van der Waals surface area contributed by atoms with Crippen LogP contribution in [0, 0.1) is 28.6 Å². The van der Waals surface area contributed by atoms with Crippen molar-refractivity contribution >= 4 is 23.4 Å². The van der Waals surface area contributed by atoms with Crippen LogP contribution in [0.3, 0.4) is 0 Å². The largest absolute Gasteiger partial charge is 0.453 e. The average molecular weight is 837 g/mol. The Morgan fingerprint density at radius 3 is 2.47 bits per heavy atom. The van der Waals surface area contributed by atoms with Crippen LogP contribution in [0.25, 0.3) is 11.3 Å². The van der Waals surface area contributed by atoms with Crippen LogP contribution in [-0.2, 0) is 12.6 Å². The maximum absolute atomic E-state index is 14.7. The zero-order valence-electron chi connectivity index (χ0n) is 35.2. The Balaban J connectivity index is 1.27. The molecule has 6 aliphatic rings. The second-order valence-corrected chi connectivity index (χ2v) is 19.7. The zero-order chi connectivity index (χ0) is 42.7. The van der Waals surface area contributed by atoms with Gasteiger partial charge in [0.05, 0.1) is 28.8 Å². The molecule has 7 atom stereocenters. The Kier molecular flexibility index (Phi) is 12.1. The highest BCUT2D eigenvalue weighted by Crippen LogP contribution is 2.62. The van der Waals surface area contributed by atoms with Gasteiger partial charge in [-0.3, -0.25) is 4.79 Å². The standard InChI is InChI=1S/C48H60ClF3N2O5/c1-28(2)53-44(57)54(26-31-11-12-32-25-39(31)45(32,4)5)27-47(58)21-19-38-35-15-10-30(22-34(55)14-9-29(3)8-7-20-46(38,47)6)23-36(35)43(56)42-18-17-41(59-42)37-24-33(48(50,51)52)13-16-40(37)49/h8,10,13,15-18,23-24,28,31-32,34,38-39,55,58H,7,9,11-12,14,19-22,25-27H2,1-6H3,(H,53,57). The third-order valence-corrected chi connectivity index (χ3v) is 15.2. The van der Waals surface area contributed by atoms with Crippen molar-refractivity contribution in [2.45, 2.75) is 136 Å². The molecule has 7 unspecified atom stereocenters. The first-order chi connectivity index (χ1) is 27.7. The van der Waals surface area contributed by atoms with Crippen molar-refractivity contribution in [2.75, 3.05) is 13.1 Å². The summed E-state index contributed by atoms with van der Waals surface area (Å²) in [5.41, 5.74) is 0.288. The highest BCUT2D eigenvalue weighted by molar-refractivity contribution is 6.33. The fourth-order valence-corrected chi connectivity index (χ4v) is 11.4. The van der Waals surface area contributed by atoms with Crippen molar-refractivity contribution in [3.05, 3.63) is 93.2 Å². The number of aliphatic hydroxyl groups excluding tert-OH is 1. The van der Waals surface area contributed by atoms with E-state index in [1.54, 1.807) is 6.07 Å². The van der Waals surface area contributed by atoms with Gasteiger partial charge < -0.3 is 24.8 Å². The molecule has 4 bridgehead atoms. The van der Waals surface area contributed by atoms with E-state index in [9.17, 15) is 33.0 Å². The van der Waals surface area contributed by atoms with E-state index in [-0.39, 0.29) is 52.1 Å². The number of alkyl halides is 3. The van der Waals surface area contributed by atoms with Crippen LogP contribution < -0.4 is 5.32 Å². The van der Waals surface area contributed by atoms with Crippen molar-refractivity contribution in [1.82, 2.24) is 10.2 Å². The smallest absolute Gasteiger partial charge is 0.416 e. The van der Waals surface area contributed by atoms with E-state index in [1.165, 1.54) is 24.1 Å². The summed E-state index contributed by atoms with van der Waals surface area (Å²) in [6.45, 7) is 13.5. The fourth-order valence-electron chi connectivity index (χ4n) is 11.2. The number of hydrogen-bond donors (Lipinski definition) is 3. The van der Waals surface area contributed by atoms with Crippen molar-refractivity contribution in [3.8, 4) is 11.3 Å². The minimum Gasteiger partial charge on any atom is -0.453 e. The maximum Gasteiger partial charge on any atom is 0.416 e. The normalized spacial score (nSPS) is 29.3. The fraction of sp³-hybridized carbons (Fsp3) is 0.583. The van der Waals surface area contributed by atoms with Crippen LogP contribution in [0.2, 0.25) is 5.02 Å². The Hall–Kier alpha value is -3.60. The van der Waals surface area contributed by atoms with Gasteiger partial charge in [-0.1, -0.05) is 56.2 Å². The van der Waals surface area contributed by atoms with E-state index >= 15 is 0 Å². The topological polar surface area (TPSA) is 103 Å². The number of nitrogens with zero attached hydrogens (tertiary/aromatic N) is 1. The van der Waals surface area contributed by atoms with Gasteiger partial charge in [0.1, 0.15) is 5.76 Å². The van der Waals surface area contributed by atoms with E-state index in [1.807, 2.05) is 30.9 Å². The summed E-state index contributed by atoms with van der Waals surface area (Å²) in [5.74, 6) is 0.796. The number of allylic oxidation sites excluding steroid dienone is 2. The van der Waals surface area contributed by atoms with Crippen molar-refractivity contribution < 1.29 is 37.4 Å². The molecule has 6 aliphatic carbocycles. The van der Waals surface area contributed by atoms with Gasteiger partial charge in [0.2, 0.25) is 5.78 Å². The number of benzene rings is 2. The van der Waals surface area contributed by atoms with Crippen molar-refractivity contribution in [1.29, 1.82) is 0 Å². The summed E-state index contributed by atoms with van der Waals surface area (Å²) >= 11 is 6.36. The second-order valence-electron chi connectivity index (χ2n) is 19.3. The lowest BCUT2D eigenvalue weighted by Crippen LogP contribution is -2.59. The second kappa shape index (κ2) is 16.4. The molecule has 2 amide bonds. The lowest BCUT2D eigenvalue weighted by Gasteiger charge is -2.60. The molecule has 59 heavy (non-hydrogen) atoms. The predicted molar refractivity (Wildman–Crippen MR) is 224 cm³/mol. The third-order valence-electron chi connectivity index (χ3n) is 14.9. The van der Waals surface area contributed by atoms with Gasteiger partial charge in [-0.05, 0) is 162 Å². The molecule has 9 rings (SSSR count). The minimum atomic E-state index is -4.60. The Labute approximate surface area is 351 Å². The number of amides is 2. The summed E-state index contributed by atoms with van der Waals surface area (Å²) in [6, 6.07) is 11.3. The first kappa shape index (κ1) is 43.5. The predicted octanol–water partition coefficient (Wildman–Crippen LogP) is 11.4. The number of carbonyl (C=O) groups is 2. The van der Waals surface area contributed by atoms with Gasteiger partial charge in [0, 0.05) is 29.1 Å². The minimum absolute atomic E-state index is 0.0175. The number of hydrogen-bond acceptors (Lipinski definition) is 5. The Morgan fingerprint density at radius 2 is 1.78 bits per heavy atom.